The van der Waals surface area contributed by atoms with Crippen molar-refractivity contribution in [2.45, 2.75) is 13.5 Å². The van der Waals surface area contributed by atoms with E-state index in [0.717, 1.165) is 0 Å². The number of thiocarbonyl (C=S) groups is 1. The molecule has 0 spiro atoms. The maximum atomic E-state index is 11.7. The lowest BCUT2D eigenvalue weighted by Crippen LogP contribution is -2.22. The molecule has 150 valence electrons. The highest BCUT2D eigenvalue weighted by molar-refractivity contribution is 8.23. The lowest BCUT2D eigenvalue weighted by atomic mass is 10.2. The number of rotatable bonds is 8. The van der Waals surface area contributed by atoms with Crippen molar-refractivity contribution in [3.8, 4) is 11.5 Å². The van der Waals surface area contributed by atoms with E-state index in [4.69, 9.17) is 21.7 Å². The van der Waals surface area contributed by atoms with Gasteiger partial charge in [-0.15, -0.1) is 0 Å². The summed E-state index contributed by atoms with van der Waals surface area (Å²) in [6.45, 7) is 2.28. The highest BCUT2D eigenvalue weighted by Gasteiger charge is 2.26. The monoisotopic (exact) mass is 431 g/mol. The number of nitro groups is 1. The van der Waals surface area contributed by atoms with E-state index < -0.39 is 4.92 Å². The Labute approximate surface area is 176 Å². The minimum Gasteiger partial charge on any atom is -0.490 e. The summed E-state index contributed by atoms with van der Waals surface area (Å²) in [6, 6.07) is 11.6. The average Bonchev–Trinajstić information content (AvgIpc) is 3.03. The van der Waals surface area contributed by atoms with E-state index in [9.17, 15) is 14.9 Å². The van der Waals surface area contributed by atoms with Gasteiger partial charge in [-0.25, -0.2) is 0 Å². The Morgan fingerprint density at radius 1 is 1.28 bits per heavy atom. The van der Waals surface area contributed by atoms with Crippen LogP contribution in [-0.2, 0) is 11.4 Å². The number of benzene rings is 2. The molecule has 2 aromatic carbocycles. The zero-order chi connectivity index (χ0) is 20.8. The van der Waals surface area contributed by atoms with Crippen LogP contribution in [0.2, 0.25) is 0 Å². The molecule has 0 aromatic heterocycles. The fraction of sp³-hybridized carbons (Fsp3) is 0.211. The van der Waals surface area contributed by atoms with Gasteiger partial charge in [-0.1, -0.05) is 36.1 Å². The Morgan fingerprint density at radius 3 is 2.76 bits per heavy atom. The average molecular weight is 431 g/mol. The number of carbonyl (C=O) groups is 1. The van der Waals surface area contributed by atoms with Crippen molar-refractivity contribution in [2.24, 2.45) is 5.10 Å². The summed E-state index contributed by atoms with van der Waals surface area (Å²) >= 11 is 6.36. The fourth-order valence-corrected chi connectivity index (χ4v) is 3.51. The van der Waals surface area contributed by atoms with Crippen LogP contribution in [0.15, 0.2) is 47.6 Å². The summed E-state index contributed by atoms with van der Waals surface area (Å²) in [6.07, 6.45) is 1.52. The fourth-order valence-electron chi connectivity index (χ4n) is 2.54. The summed E-state index contributed by atoms with van der Waals surface area (Å²) in [5, 5.41) is 16.5. The molecule has 8 nitrogen and oxygen atoms in total. The van der Waals surface area contributed by atoms with Crippen molar-refractivity contribution in [1.29, 1.82) is 0 Å². The third-order valence-corrected chi connectivity index (χ3v) is 5.23. The van der Waals surface area contributed by atoms with Crippen LogP contribution in [0.3, 0.4) is 0 Å². The summed E-state index contributed by atoms with van der Waals surface area (Å²) in [7, 11) is 0. The van der Waals surface area contributed by atoms with Crippen molar-refractivity contribution >= 4 is 46.1 Å². The number of nitrogens with zero attached hydrogens (tertiary/aromatic N) is 3. The molecule has 1 saturated heterocycles. The van der Waals surface area contributed by atoms with E-state index >= 15 is 0 Å². The highest BCUT2D eigenvalue weighted by Crippen LogP contribution is 2.30. The van der Waals surface area contributed by atoms with Gasteiger partial charge in [0.15, 0.2) is 15.8 Å². The molecule has 1 fully saturated rings. The topological polar surface area (TPSA) is 94.3 Å². The predicted molar refractivity (Wildman–Crippen MR) is 115 cm³/mol. The molecule has 1 aliphatic heterocycles. The summed E-state index contributed by atoms with van der Waals surface area (Å²) in [5.74, 6) is 1.05. The molecule has 1 heterocycles. The smallest absolute Gasteiger partial charge is 0.276 e. The summed E-state index contributed by atoms with van der Waals surface area (Å²) < 4.78 is 11.8. The van der Waals surface area contributed by atoms with Crippen molar-refractivity contribution < 1.29 is 19.2 Å². The molecule has 0 atom stereocenters. The highest BCUT2D eigenvalue weighted by atomic mass is 32.2. The number of hydrogen-bond acceptors (Lipinski definition) is 8. The Morgan fingerprint density at radius 2 is 2.07 bits per heavy atom. The van der Waals surface area contributed by atoms with Crippen LogP contribution in [-0.4, -0.2) is 38.7 Å². The van der Waals surface area contributed by atoms with Crippen molar-refractivity contribution in [3.63, 3.8) is 0 Å². The van der Waals surface area contributed by atoms with E-state index in [0.29, 0.717) is 39.3 Å². The molecule has 3 rings (SSSR count). The second-order valence-electron chi connectivity index (χ2n) is 5.82. The Kier molecular flexibility index (Phi) is 6.78. The van der Waals surface area contributed by atoms with Gasteiger partial charge in [0.2, 0.25) is 0 Å². The number of hydrazone groups is 1. The van der Waals surface area contributed by atoms with Crippen LogP contribution < -0.4 is 9.47 Å². The minimum atomic E-state index is -0.440. The van der Waals surface area contributed by atoms with Crippen molar-refractivity contribution in [3.05, 3.63) is 63.7 Å². The van der Waals surface area contributed by atoms with Gasteiger partial charge in [0, 0.05) is 6.07 Å². The lowest BCUT2D eigenvalue weighted by Gasteiger charge is -2.13. The molecule has 0 aliphatic carbocycles. The first kappa shape index (κ1) is 20.7. The number of ether oxygens (including phenoxy) is 2. The van der Waals surface area contributed by atoms with Gasteiger partial charge in [-0.3, -0.25) is 14.9 Å². The number of thioether (sulfide) groups is 1. The van der Waals surface area contributed by atoms with Crippen LogP contribution in [0.5, 0.6) is 11.5 Å². The normalized spacial score (nSPS) is 13.9. The quantitative estimate of drug-likeness (QED) is 0.272. The molecule has 0 saturated carbocycles. The SMILES string of the molecule is CCOc1cc(/C=N/N2C(=O)CSC2=S)ccc1OCc1ccccc1[N+](=O)[O-]. The van der Waals surface area contributed by atoms with Crippen LogP contribution >= 0.6 is 24.0 Å². The number of para-hydroxylation sites is 1. The maximum absolute atomic E-state index is 11.7. The minimum absolute atomic E-state index is 0.00154. The van der Waals surface area contributed by atoms with Crippen molar-refractivity contribution in [2.75, 3.05) is 12.4 Å². The van der Waals surface area contributed by atoms with Gasteiger partial charge in [-0.2, -0.15) is 10.1 Å². The van der Waals surface area contributed by atoms with E-state index in [-0.39, 0.29) is 18.2 Å². The van der Waals surface area contributed by atoms with Gasteiger partial charge in [0.1, 0.15) is 6.61 Å². The Bertz CT molecular complexity index is 964. The van der Waals surface area contributed by atoms with Gasteiger partial charge >= 0.3 is 0 Å². The molecular weight excluding hydrogens is 414 g/mol. The molecule has 0 bridgehead atoms. The van der Waals surface area contributed by atoms with E-state index in [1.165, 1.54) is 29.1 Å². The molecule has 10 heteroatoms. The van der Waals surface area contributed by atoms with Gasteiger partial charge in [0.05, 0.1) is 29.1 Å². The predicted octanol–water partition coefficient (Wildman–Crippen LogP) is 3.77. The molecule has 1 aliphatic rings. The van der Waals surface area contributed by atoms with Crippen molar-refractivity contribution in [1.82, 2.24) is 5.01 Å². The zero-order valence-corrected chi connectivity index (χ0v) is 17.1. The standard InChI is InChI=1S/C19H17N3O5S2/c1-2-26-17-9-13(10-20-21-18(23)12-29-19(21)28)7-8-16(17)27-11-14-5-3-4-6-15(14)22(24)25/h3-10H,2,11-12H2,1H3/b20-10+. The van der Waals surface area contributed by atoms with Gasteiger partial charge < -0.3 is 9.47 Å². The summed E-state index contributed by atoms with van der Waals surface area (Å²) in [4.78, 5) is 22.4. The molecule has 2 aromatic rings. The zero-order valence-electron chi connectivity index (χ0n) is 15.4. The second-order valence-corrected chi connectivity index (χ2v) is 7.43. The molecule has 29 heavy (non-hydrogen) atoms. The van der Waals surface area contributed by atoms with E-state index in [1.807, 2.05) is 6.92 Å². The molecule has 0 unspecified atom stereocenters. The van der Waals surface area contributed by atoms with Crippen LogP contribution in [0.1, 0.15) is 18.1 Å². The van der Waals surface area contributed by atoms with Crippen LogP contribution in [0.4, 0.5) is 5.69 Å². The van der Waals surface area contributed by atoms with Gasteiger partial charge in [-0.05, 0) is 36.8 Å². The molecular formula is C19H17N3O5S2. The molecule has 0 N–H and O–H groups in total. The first-order chi connectivity index (χ1) is 14.0. The number of hydrogen-bond donors (Lipinski definition) is 0. The van der Waals surface area contributed by atoms with E-state index in [1.54, 1.807) is 36.4 Å². The maximum Gasteiger partial charge on any atom is 0.276 e. The Balaban J connectivity index is 1.77. The molecule has 1 amide bonds. The molecule has 0 radical (unpaired) electrons. The van der Waals surface area contributed by atoms with Crippen LogP contribution in [0, 0.1) is 10.1 Å². The van der Waals surface area contributed by atoms with E-state index in [2.05, 4.69) is 5.10 Å². The van der Waals surface area contributed by atoms with Crippen LogP contribution in [0.25, 0.3) is 0 Å². The number of carbonyl (C=O) groups excluding carboxylic acids is 1. The summed E-state index contributed by atoms with van der Waals surface area (Å²) in [5.41, 5.74) is 1.15. The largest absolute Gasteiger partial charge is 0.490 e. The first-order valence-corrected chi connectivity index (χ1v) is 10.0. The Hall–Kier alpha value is -2.98. The third-order valence-electron chi connectivity index (χ3n) is 3.89. The number of nitro benzene ring substituents is 1. The first-order valence-electron chi connectivity index (χ1n) is 8.65. The number of amides is 1. The van der Waals surface area contributed by atoms with Gasteiger partial charge in [0.25, 0.3) is 11.6 Å². The third kappa shape index (κ3) is 5.09. The lowest BCUT2D eigenvalue weighted by molar-refractivity contribution is -0.385. The second kappa shape index (κ2) is 9.48.